The molecular formula is C4H10O2S2. The molecule has 0 spiro atoms. The van der Waals surface area contributed by atoms with E-state index in [4.69, 9.17) is 0 Å². The molecule has 0 fully saturated rings. The molecule has 0 saturated heterocycles. The van der Waals surface area contributed by atoms with Crippen molar-refractivity contribution < 1.29 is 7.84 Å². The van der Waals surface area contributed by atoms with Crippen LogP contribution in [0.3, 0.4) is 0 Å². The molecule has 2 nitrogen and oxygen atoms in total. The van der Waals surface area contributed by atoms with Crippen molar-refractivity contribution in [3.8, 4) is 0 Å². The maximum absolute atomic E-state index is 10.4. The average Bonchev–Trinajstić information content (AvgIpc) is 1.83. The van der Waals surface area contributed by atoms with Gasteiger partial charge in [0.1, 0.15) is 0 Å². The summed E-state index contributed by atoms with van der Waals surface area (Å²) in [6.45, 7) is 2.04. The van der Waals surface area contributed by atoms with E-state index in [9.17, 15) is 4.21 Å². The van der Waals surface area contributed by atoms with Gasteiger partial charge in [-0.1, -0.05) is 13.3 Å². The standard InChI is InChI=1S/C4H10O2S2/c1-2-3-4-8(5)6-7/h7H,2-4H2,1H3. The normalized spacial score (nSPS) is 13.8. The fourth-order valence-electron chi connectivity index (χ4n) is 0.299. The first-order chi connectivity index (χ1) is 3.81. The molecule has 0 rings (SSSR count). The molecule has 0 aromatic rings. The number of hydrogen-bond donors (Lipinski definition) is 1. The van der Waals surface area contributed by atoms with Gasteiger partial charge >= 0.3 is 0 Å². The van der Waals surface area contributed by atoms with Crippen molar-refractivity contribution in [2.24, 2.45) is 0 Å². The maximum atomic E-state index is 10.4. The second-order valence-corrected chi connectivity index (χ2v) is 3.05. The zero-order valence-electron chi connectivity index (χ0n) is 4.79. The Morgan fingerprint density at radius 2 is 2.38 bits per heavy atom. The molecule has 0 aliphatic carbocycles. The largest absolute Gasteiger partial charge is 0.229 e. The average molecular weight is 154 g/mol. The first-order valence-electron chi connectivity index (χ1n) is 2.51. The van der Waals surface area contributed by atoms with Crippen LogP contribution >= 0.6 is 12.9 Å². The van der Waals surface area contributed by atoms with Crippen LogP contribution in [-0.4, -0.2) is 9.96 Å². The smallest absolute Gasteiger partial charge is 0.166 e. The maximum Gasteiger partial charge on any atom is 0.166 e. The Labute approximate surface area is 57.9 Å². The third-order valence-electron chi connectivity index (χ3n) is 0.748. The van der Waals surface area contributed by atoms with E-state index in [1.165, 1.54) is 0 Å². The van der Waals surface area contributed by atoms with Gasteiger partial charge in [0.15, 0.2) is 11.1 Å². The van der Waals surface area contributed by atoms with Crippen LogP contribution in [0.25, 0.3) is 0 Å². The summed E-state index contributed by atoms with van der Waals surface area (Å²) in [4.78, 5) is 0. The second kappa shape index (κ2) is 5.59. The fourth-order valence-corrected chi connectivity index (χ4v) is 1.12. The quantitative estimate of drug-likeness (QED) is 0.488. The SMILES string of the molecule is CCCCS(=O)OS. The Balaban J connectivity index is 2.99. The molecule has 0 N–H and O–H groups in total. The predicted molar refractivity (Wildman–Crippen MR) is 38.0 cm³/mol. The van der Waals surface area contributed by atoms with E-state index < -0.39 is 11.1 Å². The van der Waals surface area contributed by atoms with Crippen LogP contribution in [0.2, 0.25) is 0 Å². The molecule has 0 bridgehead atoms. The highest BCUT2D eigenvalue weighted by molar-refractivity contribution is 7.91. The summed E-state index contributed by atoms with van der Waals surface area (Å²) >= 11 is 2.23. The highest BCUT2D eigenvalue weighted by atomic mass is 32.2. The lowest BCUT2D eigenvalue weighted by Gasteiger charge is -1.92. The van der Waals surface area contributed by atoms with E-state index >= 15 is 0 Å². The summed E-state index contributed by atoms with van der Waals surface area (Å²) in [5, 5.41) is 0. The first kappa shape index (κ1) is 8.46. The fraction of sp³-hybridized carbons (Fsp3) is 1.00. The molecule has 0 aromatic carbocycles. The van der Waals surface area contributed by atoms with Crippen LogP contribution in [0.4, 0.5) is 0 Å². The van der Waals surface area contributed by atoms with Gasteiger partial charge in [0, 0.05) is 0 Å². The number of rotatable bonds is 4. The van der Waals surface area contributed by atoms with E-state index in [1.54, 1.807) is 0 Å². The van der Waals surface area contributed by atoms with Gasteiger partial charge in [-0.15, -0.1) is 0 Å². The number of hydrogen-bond acceptors (Lipinski definition) is 3. The Morgan fingerprint density at radius 1 is 1.75 bits per heavy atom. The van der Waals surface area contributed by atoms with Gasteiger partial charge in [0.25, 0.3) is 0 Å². The highest BCUT2D eigenvalue weighted by Crippen LogP contribution is 1.94. The summed E-state index contributed by atoms with van der Waals surface area (Å²) in [7, 11) is 0. The van der Waals surface area contributed by atoms with Crippen molar-refractivity contribution in [3.63, 3.8) is 0 Å². The molecule has 0 saturated carbocycles. The monoisotopic (exact) mass is 154 g/mol. The van der Waals surface area contributed by atoms with Crippen molar-refractivity contribution in [2.75, 3.05) is 5.75 Å². The molecule has 0 aliphatic heterocycles. The van der Waals surface area contributed by atoms with Gasteiger partial charge in [-0.2, -0.15) is 0 Å². The molecule has 4 heteroatoms. The third kappa shape index (κ3) is 4.61. The van der Waals surface area contributed by atoms with E-state index in [2.05, 4.69) is 16.5 Å². The minimum absolute atomic E-state index is 0.597. The summed E-state index contributed by atoms with van der Waals surface area (Å²) in [5.41, 5.74) is 0. The lowest BCUT2D eigenvalue weighted by molar-refractivity contribution is 0.610. The number of thiol groups is 1. The van der Waals surface area contributed by atoms with E-state index in [0.717, 1.165) is 12.8 Å². The lowest BCUT2D eigenvalue weighted by Crippen LogP contribution is -1.94. The topological polar surface area (TPSA) is 26.3 Å². The van der Waals surface area contributed by atoms with Crippen molar-refractivity contribution >= 4 is 24.0 Å². The molecule has 0 heterocycles. The molecule has 8 heavy (non-hydrogen) atoms. The van der Waals surface area contributed by atoms with Gasteiger partial charge in [-0.3, -0.25) is 0 Å². The Kier molecular flexibility index (Phi) is 5.92. The predicted octanol–water partition coefficient (Wildman–Crippen LogP) is 1.31. The van der Waals surface area contributed by atoms with Crippen molar-refractivity contribution in [1.82, 2.24) is 0 Å². The van der Waals surface area contributed by atoms with Crippen molar-refractivity contribution in [2.45, 2.75) is 19.8 Å². The van der Waals surface area contributed by atoms with Gasteiger partial charge in [0.2, 0.25) is 0 Å². The molecule has 50 valence electrons. The Bertz CT molecular complexity index is 74.4. The van der Waals surface area contributed by atoms with Crippen molar-refractivity contribution in [1.29, 1.82) is 0 Å². The minimum atomic E-state index is -1.16. The highest BCUT2D eigenvalue weighted by Gasteiger charge is 1.93. The van der Waals surface area contributed by atoms with Crippen LogP contribution in [-0.2, 0) is 14.7 Å². The van der Waals surface area contributed by atoms with E-state index in [-0.39, 0.29) is 0 Å². The third-order valence-corrected chi connectivity index (χ3v) is 2.03. The molecular weight excluding hydrogens is 144 g/mol. The van der Waals surface area contributed by atoms with Gasteiger partial charge < -0.3 is 0 Å². The second-order valence-electron chi connectivity index (χ2n) is 1.44. The van der Waals surface area contributed by atoms with Gasteiger partial charge in [-0.25, -0.2) is 7.84 Å². The van der Waals surface area contributed by atoms with Gasteiger partial charge in [-0.05, 0) is 19.3 Å². The number of unbranched alkanes of at least 4 members (excludes halogenated alkanes) is 1. The zero-order valence-corrected chi connectivity index (χ0v) is 6.50. The van der Waals surface area contributed by atoms with Crippen LogP contribution in [0.1, 0.15) is 19.8 Å². The molecule has 1 atom stereocenters. The van der Waals surface area contributed by atoms with Crippen LogP contribution in [0, 0.1) is 0 Å². The molecule has 0 amide bonds. The molecule has 0 aliphatic rings. The molecule has 1 unspecified atom stereocenters. The van der Waals surface area contributed by atoms with Crippen LogP contribution in [0.5, 0.6) is 0 Å². The summed E-state index contributed by atoms with van der Waals surface area (Å²) in [5.74, 6) is 0.597. The first-order valence-corrected chi connectivity index (χ1v) is 4.12. The van der Waals surface area contributed by atoms with Gasteiger partial charge in [0.05, 0.1) is 5.75 Å². The molecule has 0 aromatic heterocycles. The van der Waals surface area contributed by atoms with E-state index in [1.807, 2.05) is 6.92 Å². The Hall–Kier alpha value is 0.460. The minimum Gasteiger partial charge on any atom is -0.229 e. The van der Waals surface area contributed by atoms with Crippen LogP contribution < -0.4 is 0 Å². The van der Waals surface area contributed by atoms with Crippen LogP contribution in [0.15, 0.2) is 0 Å². The summed E-state index contributed by atoms with van der Waals surface area (Å²) in [6.07, 6.45) is 1.98. The lowest BCUT2D eigenvalue weighted by atomic mass is 10.4. The molecule has 0 radical (unpaired) electrons. The Morgan fingerprint density at radius 3 is 2.75 bits per heavy atom. The summed E-state index contributed by atoms with van der Waals surface area (Å²) < 4.78 is 14.6. The zero-order chi connectivity index (χ0) is 6.41. The van der Waals surface area contributed by atoms with Crippen molar-refractivity contribution in [3.05, 3.63) is 0 Å². The van der Waals surface area contributed by atoms with E-state index in [0.29, 0.717) is 5.75 Å². The summed E-state index contributed by atoms with van der Waals surface area (Å²) in [6, 6.07) is 0.